The molecule has 0 bridgehead atoms. The first-order chi connectivity index (χ1) is 13.7. The molecule has 0 aromatic heterocycles. The lowest BCUT2D eigenvalue weighted by Crippen LogP contribution is -2.40. The van der Waals surface area contributed by atoms with Crippen LogP contribution in [0.3, 0.4) is 0 Å². The van der Waals surface area contributed by atoms with E-state index in [1.807, 2.05) is 54.6 Å². The maximum absolute atomic E-state index is 12.1. The van der Waals surface area contributed by atoms with Crippen molar-refractivity contribution in [1.82, 2.24) is 4.90 Å². The zero-order valence-corrected chi connectivity index (χ0v) is 16.1. The smallest absolute Gasteiger partial charge is 0.320 e. The van der Waals surface area contributed by atoms with Crippen LogP contribution in [0.4, 0.5) is 0 Å². The van der Waals surface area contributed by atoms with Crippen LogP contribution in [0.2, 0.25) is 0 Å². The summed E-state index contributed by atoms with van der Waals surface area (Å²) in [6.45, 7) is 1.25. The summed E-state index contributed by atoms with van der Waals surface area (Å²) in [6.07, 6.45) is 2.38. The molecule has 28 heavy (non-hydrogen) atoms. The first-order valence-corrected chi connectivity index (χ1v) is 9.81. The van der Waals surface area contributed by atoms with E-state index >= 15 is 0 Å². The number of hydrogen-bond donors (Lipinski definition) is 1. The molecule has 1 atom stereocenters. The van der Waals surface area contributed by atoms with Gasteiger partial charge in [0.05, 0.1) is 0 Å². The van der Waals surface area contributed by atoms with E-state index in [4.69, 9.17) is 0 Å². The number of nitrogens with zero attached hydrogens (tertiary/aromatic N) is 1. The predicted octanol–water partition coefficient (Wildman–Crippen LogP) is 5.16. The maximum Gasteiger partial charge on any atom is 0.320 e. The maximum atomic E-state index is 12.1. The fourth-order valence-electron chi connectivity index (χ4n) is 3.52. The van der Waals surface area contributed by atoms with Crippen LogP contribution in [0, 0.1) is 0 Å². The Labute approximate surface area is 167 Å². The van der Waals surface area contributed by atoms with Crippen molar-refractivity contribution in [3.8, 4) is 0 Å². The minimum atomic E-state index is -0.750. The van der Waals surface area contributed by atoms with Gasteiger partial charge in [0.1, 0.15) is 6.04 Å². The monoisotopic (exact) mass is 373 g/mol. The number of hydrogen-bond acceptors (Lipinski definition) is 2. The van der Waals surface area contributed by atoms with Gasteiger partial charge in [0.15, 0.2) is 0 Å². The Morgan fingerprint density at radius 3 is 1.57 bits per heavy atom. The van der Waals surface area contributed by atoms with Crippen molar-refractivity contribution in [3.63, 3.8) is 0 Å². The third-order valence-corrected chi connectivity index (χ3v) is 4.97. The molecular weight excluding hydrogens is 346 g/mol. The Morgan fingerprint density at radius 2 is 1.14 bits per heavy atom. The van der Waals surface area contributed by atoms with Crippen molar-refractivity contribution in [2.45, 2.75) is 38.4 Å². The number of carboxylic acids is 1. The van der Waals surface area contributed by atoms with Crippen LogP contribution in [0.15, 0.2) is 91.0 Å². The second-order valence-electron chi connectivity index (χ2n) is 7.11. The van der Waals surface area contributed by atoms with Gasteiger partial charge in [-0.15, -0.1) is 0 Å². The zero-order valence-electron chi connectivity index (χ0n) is 16.1. The number of benzene rings is 3. The van der Waals surface area contributed by atoms with Gasteiger partial charge in [-0.2, -0.15) is 0 Å². The quantitative estimate of drug-likeness (QED) is 0.533. The molecule has 0 heterocycles. The summed E-state index contributed by atoms with van der Waals surface area (Å²) in [6, 6.07) is 30.0. The minimum Gasteiger partial charge on any atom is -0.480 e. The van der Waals surface area contributed by atoms with E-state index in [1.165, 1.54) is 5.56 Å². The summed E-state index contributed by atoms with van der Waals surface area (Å²) in [7, 11) is 0. The van der Waals surface area contributed by atoms with E-state index in [-0.39, 0.29) is 0 Å². The van der Waals surface area contributed by atoms with E-state index in [9.17, 15) is 9.90 Å². The predicted molar refractivity (Wildman–Crippen MR) is 113 cm³/mol. The summed E-state index contributed by atoms with van der Waals surface area (Å²) in [5, 5.41) is 9.96. The Balaban J connectivity index is 1.72. The molecule has 3 rings (SSSR count). The fraction of sp³-hybridized carbons (Fsp3) is 0.240. The van der Waals surface area contributed by atoms with E-state index in [2.05, 4.69) is 41.3 Å². The van der Waals surface area contributed by atoms with Crippen LogP contribution in [-0.4, -0.2) is 22.0 Å². The topological polar surface area (TPSA) is 40.5 Å². The molecule has 0 aliphatic rings. The number of carboxylic acid groups (broad SMARTS) is 1. The van der Waals surface area contributed by atoms with Gasteiger partial charge in [-0.1, -0.05) is 91.0 Å². The summed E-state index contributed by atoms with van der Waals surface area (Å²) in [5.74, 6) is -0.750. The van der Waals surface area contributed by atoms with Gasteiger partial charge in [-0.05, 0) is 36.0 Å². The van der Waals surface area contributed by atoms with Crippen LogP contribution in [-0.2, 0) is 24.3 Å². The SMILES string of the molecule is O=C(O)C(CCCc1ccccc1)N(Cc1ccccc1)Cc1ccccc1. The molecule has 144 valence electrons. The molecule has 3 aromatic carbocycles. The molecule has 1 N–H and O–H groups in total. The highest BCUT2D eigenvalue weighted by Crippen LogP contribution is 2.18. The van der Waals surface area contributed by atoms with Crippen LogP contribution in [0.5, 0.6) is 0 Å². The third-order valence-electron chi connectivity index (χ3n) is 4.97. The lowest BCUT2D eigenvalue weighted by atomic mass is 10.0. The highest BCUT2D eigenvalue weighted by Gasteiger charge is 2.25. The molecule has 1 unspecified atom stereocenters. The molecular formula is C25H27NO2. The molecule has 0 aliphatic heterocycles. The molecule has 0 aliphatic carbocycles. The second kappa shape index (κ2) is 10.4. The average Bonchev–Trinajstić information content (AvgIpc) is 2.73. The highest BCUT2D eigenvalue weighted by molar-refractivity contribution is 5.73. The molecule has 3 aromatic rings. The van der Waals surface area contributed by atoms with E-state index in [1.54, 1.807) is 0 Å². The number of rotatable bonds is 10. The van der Waals surface area contributed by atoms with Crippen LogP contribution in [0.1, 0.15) is 29.5 Å². The lowest BCUT2D eigenvalue weighted by molar-refractivity contribution is -0.144. The van der Waals surface area contributed by atoms with Crippen LogP contribution in [0.25, 0.3) is 0 Å². The Morgan fingerprint density at radius 1 is 0.714 bits per heavy atom. The van der Waals surface area contributed by atoms with Gasteiger partial charge in [0, 0.05) is 13.1 Å². The normalized spacial score (nSPS) is 12.0. The molecule has 0 fully saturated rings. The summed E-state index contributed by atoms with van der Waals surface area (Å²) in [5.41, 5.74) is 3.52. The standard InChI is InChI=1S/C25H27NO2/c27-25(28)24(18-10-17-21-11-4-1-5-12-21)26(19-22-13-6-2-7-14-22)20-23-15-8-3-9-16-23/h1-9,11-16,24H,10,17-20H2,(H,27,28). The molecule has 3 heteroatoms. The molecule has 0 radical (unpaired) electrons. The Kier molecular flexibility index (Phi) is 7.39. The number of aliphatic carboxylic acids is 1. The first kappa shape index (κ1) is 19.8. The lowest BCUT2D eigenvalue weighted by Gasteiger charge is -2.29. The second-order valence-corrected chi connectivity index (χ2v) is 7.11. The van der Waals surface area contributed by atoms with E-state index < -0.39 is 12.0 Å². The van der Waals surface area contributed by atoms with Crippen molar-refractivity contribution in [2.24, 2.45) is 0 Å². The Hall–Kier alpha value is -2.91. The summed E-state index contributed by atoms with van der Waals surface area (Å²) >= 11 is 0. The number of carbonyl (C=O) groups is 1. The van der Waals surface area contributed by atoms with Crippen molar-refractivity contribution >= 4 is 5.97 Å². The van der Waals surface area contributed by atoms with Gasteiger partial charge in [-0.3, -0.25) is 9.69 Å². The molecule has 3 nitrogen and oxygen atoms in total. The third kappa shape index (κ3) is 6.07. The summed E-state index contributed by atoms with van der Waals surface area (Å²) < 4.78 is 0. The van der Waals surface area contributed by atoms with Crippen molar-refractivity contribution in [1.29, 1.82) is 0 Å². The van der Waals surface area contributed by atoms with E-state index in [0.29, 0.717) is 19.5 Å². The highest BCUT2D eigenvalue weighted by atomic mass is 16.4. The molecule has 0 saturated heterocycles. The zero-order chi connectivity index (χ0) is 19.6. The fourth-order valence-corrected chi connectivity index (χ4v) is 3.52. The minimum absolute atomic E-state index is 0.510. The average molecular weight is 373 g/mol. The molecule has 0 amide bonds. The van der Waals surface area contributed by atoms with Crippen molar-refractivity contribution in [3.05, 3.63) is 108 Å². The van der Waals surface area contributed by atoms with Crippen molar-refractivity contribution in [2.75, 3.05) is 0 Å². The largest absolute Gasteiger partial charge is 0.480 e. The van der Waals surface area contributed by atoms with Gasteiger partial charge < -0.3 is 5.11 Å². The summed E-state index contributed by atoms with van der Waals surface area (Å²) in [4.78, 5) is 14.2. The van der Waals surface area contributed by atoms with Gasteiger partial charge >= 0.3 is 5.97 Å². The van der Waals surface area contributed by atoms with Crippen LogP contribution >= 0.6 is 0 Å². The van der Waals surface area contributed by atoms with Crippen LogP contribution < -0.4 is 0 Å². The first-order valence-electron chi connectivity index (χ1n) is 9.81. The van der Waals surface area contributed by atoms with Gasteiger partial charge in [-0.25, -0.2) is 0 Å². The number of aryl methyl sites for hydroxylation is 1. The van der Waals surface area contributed by atoms with E-state index in [0.717, 1.165) is 24.0 Å². The molecule has 0 spiro atoms. The Bertz CT molecular complexity index is 793. The van der Waals surface area contributed by atoms with Gasteiger partial charge in [0.25, 0.3) is 0 Å². The van der Waals surface area contributed by atoms with Crippen molar-refractivity contribution < 1.29 is 9.90 Å². The van der Waals surface area contributed by atoms with Gasteiger partial charge in [0.2, 0.25) is 0 Å². The molecule has 0 saturated carbocycles.